The summed E-state index contributed by atoms with van der Waals surface area (Å²) in [6.45, 7) is 2.12. The zero-order chi connectivity index (χ0) is 11.5. The van der Waals surface area contributed by atoms with Crippen LogP contribution < -0.4 is 0 Å². The van der Waals surface area contributed by atoms with Crippen LogP contribution in [0.1, 0.15) is 12.3 Å². The van der Waals surface area contributed by atoms with Gasteiger partial charge in [0.1, 0.15) is 0 Å². The van der Waals surface area contributed by atoms with Gasteiger partial charge in [0.15, 0.2) is 5.37 Å². The van der Waals surface area contributed by atoms with E-state index in [9.17, 15) is 4.79 Å². The second kappa shape index (κ2) is 4.57. The highest BCUT2D eigenvalue weighted by atomic mass is 32.1. The van der Waals surface area contributed by atoms with Crippen LogP contribution in [0, 0.1) is 0 Å². The first kappa shape index (κ1) is 11.0. The predicted molar refractivity (Wildman–Crippen MR) is 64.4 cm³/mol. The molecule has 0 fully saturated rings. The van der Waals surface area contributed by atoms with E-state index in [2.05, 4.69) is 17.6 Å². The third kappa shape index (κ3) is 1.90. The molecule has 1 aromatic carbocycles. The maximum Gasteiger partial charge on any atom is 0.339 e. The van der Waals surface area contributed by atoms with E-state index in [4.69, 9.17) is 4.74 Å². The fourth-order valence-corrected chi connectivity index (χ4v) is 1.76. The van der Waals surface area contributed by atoms with Gasteiger partial charge >= 0.3 is 5.97 Å². The maximum absolute atomic E-state index is 11.5. The monoisotopic (exact) mass is 236 g/mol. The highest BCUT2D eigenvalue weighted by Gasteiger charge is 2.18. The summed E-state index contributed by atoms with van der Waals surface area (Å²) >= 11 is 4.24. The highest BCUT2D eigenvalue weighted by molar-refractivity contribution is 7.81. The first-order valence-corrected chi connectivity index (χ1v) is 5.52. The molecule has 0 saturated heterocycles. The molecule has 16 heavy (non-hydrogen) atoms. The Hall–Kier alpha value is -1.49. The summed E-state index contributed by atoms with van der Waals surface area (Å²) in [5.41, 5.74) is 1.71. The predicted octanol–water partition coefficient (Wildman–Crippen LogP) is 2.03. The van der Waals surface area contributed by atoms with Crippen molar-refractivity contribution in [3.63, 3.8) is 0 Å². The number of hydrogen-bond donors (Lipinski definition) is 1. The number of imidazole rings is 1. The Morgan fingerprint density at radius 3 is 3.06 bits per heavy atom. The van der Waals surface area contributed by atoms with E-state index < -0.39 is 5.37 Å². The Kier molecular flexibility index (Phi) is 3.14. The first-order valence-electron chi connectivity index (χ1n) is 5.00. The quantitative estimate of drug-likeness (QED) is 0.655. The number of hydrogen-bond acceptors (Lipinski definition) is 4. The summed E-state index contributed by atoms with van der Waals surface area (Å²) < 4.78 is 6.60. The zero-order valence-electron chi connectivity index (χ0n) is 8.83. The van der Waals surface area contributed by atoms with Gasteiger partial charge in [-0.3, -0.25) is 0 Å². The largest absolute Gasteiger partial charge is 0.464 e. The van der Waals surface area contributed by atoms with Crippen molar-refractivity contribution in [2.45, 2.75) is 12.3 Å². The van der Waals surface area contributed by atoms with Crippen molar-refractivity contribution in [2.24, 2.45) is 0 Å². The maximum atomic E-state index is 11.5. The van der Waals surface area contributed by atoms with Gasteiger partial charge in [0.2, 0.25) is 0 Å². The van der Waals surface area contributed by atoms with Crippen LogP contribution in [0.15, 0.2) is 30.6 Å². The molecule has 5 heteroatoms. The molecule has 0 spiro atoms. The normalized spacial score (nSPS) is 12.6. The highest BCUT2D eigenvalue weighted by Crippen LogP contribution is 2.20. The van der Waals surface area contributed by atoms with Gasteiger partial charge in [0, 0.05) is 0 Å². The van der Waals surface area contributed by atoms with Crippen LogP contribution >= 0.6 is 12.6 Å². The molecule has 0 radical (unpaired) electrons. The van der Waals surface area contributed by atoms with Gasteiger partial charge < -0.3 is 9.30 Å². The van der Waals surface area contributed by atoms with Crippen molar-refractivity contribution in [3.05, 3.63) is 30.6 Å². The number of ether oxygens (including phenoxy) is 1. The molecule has 0 N–H and O–H groups in total. The third-order valence-electron chi connectivity index (χ3n) is 2.24. The molecule has 84 valence electrons. The number of para-hydroxylation sites is 2. The van der Waals surface area contributed by atoms with E-state index in [0.29, 0.717) is 6.61 Å². The van der Waals surface area contributed by atoms with Crippen molar-refractivity contribution in [1.29, 1.82) is 0 Å². The molecule has 0 aliphatic rings. The summed E-state index contributed by atoms with van der Waals surface area (Å²) in [4.78, 5) is 15.7. The van der Waals surface area contributed by atoms with Crippen molar-refractivity contribution in [3.8, 4) is 0 Å². The second-order valence-electron chi connectivity index (χ2n) is 3.27. The molecule has 0 aliphatic carbocycles. The minimum Gasteiger partial charge on any atom is -0.464 e. The number of fused-ring (bicyclic) bond motifs is 1. The van der Waals surface area contributed by atoms with Gasteiger partial charge in [0.25, 0.3) is 0 Å². The molecule has 1 atom stereocenters. The number of thiol groups is 1. The Labute approximate surface area is 98.6 Å². The van der Waals surface area contributed by atoms with Crippen LogP contribution in [0.4, 0.5) is 0 Å². The molecule has 2 aromatic rings. The van der Waals surface area contributed by atoms with Crippen LogP contribution in [-0.2, 0) is 9.53 Å². The van der Waals surface area contributed by atoms with E-state index in [-0.39, 0.29) is 5.97 Å². The van der Waals surface area contributed by atoms with Crippen molar-refractivity contribution in [1.82, 2.24) is 9.55 Å². The van der Waals surface area contributed by atoms with Gasteiger partial charge in [-0.15, -0.1) is 12.6 Å². The van der Waals surface area contributed by atoms with E-state index in [0.717, 1.165) is 11.0 Å². The van der Waals surface area contributed by atoms with Crippen LogP contribution in [0.2, 0.25) is 0 Å². The number of nitrogens with zero attached hydrogens (tertiary/aromatic N) is 2. The van der Waals surface area contributed by atoms with E-state index in [1.54, 1.807) is 17.8 Å². The number of esters is 1. The van der Waals surface area contributed by atoms with Crippen LogP contribution in [-0.4, -0.2) is 22.1 Å². The molecule has 2 rings (SSSR count). The molecule has 1 unspecified atom stereocenters. The van der Waals surface area contributed by atoms with Crippen LogP contribution in [0.25, 0.3) is 11.0 Å². The Bertz CT molecular complexity index is 509. The first-order chi connectivity index (χ1) is 7.74. The molecular formula is C11H12N2O2S. The van der Waals surface area contributed by atoms with Crippen LogP contribution in [0.3, 0.4) is 0 Å². The van der Waals surface area contributed by atoms with Crippen molar-refractivity contribution < 1.29 is 9.53 Å². The lowest BCUT2D eigenvalue weighted by Gasteiger charge is -2.11. The topological polar surface area (TPSA) is 44.1 Å². The third-order valence-corrected chi connectivity index (χ3v) is 2.70. The summed E-state index contributed by atoms with van der Waals surface area (Å²) in [5, 5.41) is -0.646. The average Bonchev–Trinajstić information content (AvgIpc) is 2.72. The molecule has 4 nitrogen and oxygen atoms in total. The molecule has 0 bridgehead atoms. The lowest BCUT2D eigenvalue weighted by Crippen LogP contribution is -2.16. The number of rotatable bonds is 3. The second-order valence-corrected chi connectivity index (χ2v) is 3.76. The smallest absolute Gasteiger partial charge is 0.339 e. The number of carbonyl (C=O) groups excluding carboxylic acids is 1. The number of carbonyl (C=O) groups is 1. The molecule has 1 aromatic heterocycles. The average molecular weight is 236 g/mol. The SMILES string of the molecule is CCOC(=O)C(S)n1cnc2ccccc21. The summed E-state index contributed by atoms with van der Waals surface area (Å²) in [7, 11) is 0. The summed E-state index contributed by atoms with van der Waals surface area (Å²) in [6, 6.07) is 7.58. The number of benzene rings is 1. The number of aromatic nitrogens is 2. The van der Waals surface area contributed by atoms with E-state index in [1.807, 2.05) is 24.3 Å². The molecular weight excluding hydrogens is 224 g/mol. The Balaban J connectivity index is 2.36. The minimum absolute atomic E-state index is 0.350. The van der Waals surface area contributed by atoms with Gasteiger partial charge in [-0.05, 0) is 19.1 Å². The molecule has 0 aliphatic heterocycles. The Morgan fingerprint density at radius 1 is 1.56 bits per heavy atom. The minimum atomic E-state index is -0.646. The van der Waals surface area contributed by atoms with Crippen LogP contribution in [0.5, 0.6) is 0 Å². The Morgan fingerprint density at radius 2 is 2.31 bits per heavy atom. The lowest BCUT2D eigenvalue weighted by atomic mass is 10.3. The van der Waals surface area contributed by atoms with Gasteiger partial charge in [-0.25, -0.2) is 9.78 Å². The standard InChI is InChI=1S/C11H12N2O2S/c1-2-15-11(14)10(16)13-7-12-8-5-3-4-6-9(8)13/h3-7,10,16H,2H2,1H3. The lowest BCUT2D eigenvalue weighted by molar-refractivity contribution is -0.144. The van der Waals surface area contributed by atoms with E-state index >= 15 is 0 Å². The van der Waals surface area contributed by atoms with Gasteiger partial charge in [0.05, 0.1) is 24.0 Å². The van der Waals surface area contributed by atoms with Crippen molar-refractivity contribution >= 4 is 29.6 Å². The van der Waals surface area contributed by atoms with Gasteiger partial charge in [-0.1, -0.05) is 12.1 Å². The molecule has 1 heterocycles. The van der Waals surface area contributed by atoms with Gasteiger partial charge in [-0.2, -0.15) is 0 Å². The fourth-order valence-electron chi connectivity index (χ4n) is 1.50. The molecule has 0 amide bonds. The van der Waals surface area contributed by atoms with Crippen molar-refractivity contribution in [2.75, 3.05) is 6.61 Å². The summed E-state index contributed by atoms with van der Waals surface area (Å²) in [6.07, 6.45) is 1.60. The molecule has 0 saturated carbocycles. The fraction of sp³-hybridized carbons (Fsp3) is 0.273. The summed E-state index contributed by atoms with van der Waals surface area (Å²) in [5.74, 6) is -0.367. The van der Waals surface area contributed by atoms with E-state index in [1.165, 1.54) is 0 Å². The zero-order valence-corrected chi connectivity index (χ0v) is 9.72.